The fraction of sp³-hybridized carbons (Fsp3) is 0.357. The van der Waals surface area contributed by atoms with E-state index in [1.807, 2.05) is 24.3 Å². The third kappa shape index (κ3) is 3.29. The molecule has 0 saturated carbocycles. The van der Waals surface area contributed by atoms with Crippen LogP contribution in [0.3, 0.4) is 0 Å². The maximum absolute atomic E-state index is 11.3. The summed E-state index contributed by atoms with van der Waals surface area (Å²) < 4.78 is 1.04. The molecule has 102 valence electrons. The number of carboxylic acids is 1. The van der Waals surface area contributed by atoms with Gasteiger partial charge in [0.05, 0.1) is 0 Å². The van der Waals surface area contributed by atoms with Gasteiger partial charge in [-0.15, -0.1) is 11.3 Å². The van der Waals surface area contributed by atoms with E-state index in [1.54, 1.807) is 11.8 Å². The van der Waals surface area contributed by atoms with E-state index < -0.39 is 5.97 Å². The topological polar surface area (TPSA) is 63.3 Å². The first-order chi connectivity index (χ1) is 9.13. The quantitative estimate of drug-likeness (QED) is 0.855. The van der Waals surface area contributed by atoms with Gasteiger partial charge in [-0.05, 0) is 23.4 Å². The molecular formula is C14H17NO2S2. The molecule has 2 rings (SSSR count). The number of thioether (sulfide) groups is 1. The van der Waals surface area contributed by atoms with Crippen molar-refractivity contribution < 1.29 is 9.90 Å². The van der Waals surface area contributed by atoms with Crippen LogP contribution in [-0.2, 0) is 5.75 Å². The highest BCUT2D eigenvalue weighted by molar-refractivity contribution is 7.98. The normalized spacial score (nSPS) is 12.7. The second-order valence-electron chi connectivity index (χ2n) is 4.39. The minimum atomic E-state index is -0.836. The Morgan fingerprint density at radius 2 is 2.21 bits per heavy atom. The first-order valence-electron chi connectivity index (χ1n) is 6.20. The zero-order valence-corrected chi connectivity index (χ0v) is 12.4. The average molecular weight is 295 g/mol. The van der Waals surface area contributed by atoms with Gasteiger partial charge in [0.25, 0.3) is 0 Å². The summed E-state index contributed by atoms with van der Waals surface area (Å²) in [6, 6.07) is 8.04. The Bertz CT molecular complexity index is 580. The highest BCUT2D eigenvalue weighted by atomic mass is 32.2. The molecule has 0 spiro atoms. The van der Waals surface area contributed by atoms with Gasteiger partial charge in [-0.3, -0.25) is 0 Å². The van der Waals surface area contributed by atoms with Crippen LogP contribution in [0.25, 0.3) is 10.1 Å². The fourth-order valence-electron chi connectivity index (χ4n) is 1.85. The van der Waals surface area contributed by atoms with Gasteiger partial charge in [-0.1, -0.05) is 25.1 Å². The van der Waals surface area contributed by atoms with Crippen molar-refractivity contribution in [2.45, 2.75) is 25.1 Å². The van der Waals surface area contributed by atoms with Crippen LogP contribution in [0.1, 0.15) is 28.6 Å². The zero-order chi connectivity index (χ0) is 13.8. The van der Waals surface area contributed by atoms with Crippen molar-refractivity contribution in [3.63, 3.8) is 0 Å². The molecule has 1 heterocycles. The van der Waals surface area contributed by atoms with E-state index in [1.165, 1.54) is 11.3 Å². The van der Waals surface area contributed by atoms with Gasteiger partial charge in [0.1, 0.15) is 4.88 Å². The summed E-state index contributed by atoms with van der Waals surface area (Å²) in [6.45, 7) is 2.06. The van der Waals surface area contributed by atoms with Crippen LogP contribution in [-0.4, -0.2) is 22.9 Å². The van der Waals surface area contributed by atoms with Gasteiger partial charge in [0, 0.05) is 22.2 Å². The minimum Gasteiger partial charge on any atom is -0.477 e. The van der Waals surface area contributed by atoms with Gasteiger partial charge in [0.2, 0.25) is 0 Å². The van der Waals surface area contributed by atoms with Gasteiger partial charge in [0.15, 0.2) is 0 Å². The Hall–Kier alpha value is -1.04. The average Bonchev–Trinajstić information content (AvgIpc) is 2.78. The lowest BCUT2D eigenvalue weighted by atomic mass is 10.1. The number of fused-ring (bicyclic) bond motifs is 1. The van der Waals surface area contributed by atoms with Crippen molar-refractivity contribution in [3.05, 3.63) is 34.7 Å². The molecule has 1 atom stereocenters. The van der Waals surface area contributed by atoms with E-state index in [2.05, 4.69) is 6.92 Å². The number of hydrogen-bond acceptors (Lipinski definition) is 4. The summed E-state index contributed by atoms with van der Waals surface area (Å²) in [7, 11) is 0. The van der Waals surface area contributed by atoms with E-state index in [-0.39, 0.29) is 6.04 Å². The summed E-state index contributed by atoms with van der Waals surface area (Å²) in [5.41, 5.74) is 6.82. The monoisotopic (exact) mass is 295 g/mol. The molecule has 0 radical (unpaired) electrons. The maximum atomic E-state index is 11.3. The van der Waals surface area contributed by atoms with Crippen LogP contribution in [0.5, 0.6) is 0 Å². The third-order valence-electron chi connectivity index (χ3n) is 3.00. The molecule has 19 heavy (non-hydrogen) atoms. The lowest BCUT2D eigenvalue weighted by Gasteiger charge is -2.08. The molecule has 0 aliphatic rings. The molecule has 0 aliphatic heterocycles. The Morgan fingerprint density at radius 1 is 1.47 bits per heavy atom. The van der Waals surface area contributed by atoms with Gasteiger partial charge in [-0.25, -0.2) is 4.79 Å². The van der Waals surface area contributed by atoms with Crippen molar-refractivity contribution in [2.24, 2.45) is 5.73 Å². The summed E-state index contributed by atoms with van der Waals surface area (Å²) in [6.07, 6.45) is 0.948. The largest absolute Gasteiger partial charge is 0.477 e. The molecule has 0 aliphatic carbocycles. The SMILES string of the molecule is CCC(N)CSCc1c(C(=O)O)sc2ccccc12. The van der Waals surface area contributed by atoms with Crippen molar-refractivity contribution >= 4 is 39.2 Å². The number of thiophene rings is 1. The smallest absolute Gasteiger partial charge is 0.346 e. The van der Waals surface area contributed by atoms with E-state index >= 15 is 0 Å². The Labute approximate surface area is 120 Å². The number of benzene rings is 1. The molecular weight excluding hydrogens is 278 g/mol. The van der Waals surface area contributed by atoms with Crippen molar-refractivity contribution in [1.82, 2.24) is 0 Å². The fourth-order valence-corrected chi connectivity index (χ4v) is 4.16. The van der Waals surface area contributed by atoms with Gasteiger partial charge < -0.3 is 10.8 Å². The molecule has 3 N–H and O–H groups in total. The van der Waals surface area contributed by atoms with Crippen LogP contribution in [0.2, 0.25) is 0 Å². The highest BCUT2D eigenvalue weighted by Gasteiger charge is 2.17. The zero-order valence-electron chi connectivity index (χ0n) is 10.8. The van der Waals surface area contributed by atoms with Crippen LogP contribution in [0, 0.1) is 0 Å². The van der Waals surface area contributed by atoms with Gasteiger partial charge in [-0.2, -0.15) is 11.8 Å². The lowest BCUT2D eigenvalue weighted by Crippen LogP contribution is -2.21. The van der Waals surface area contributed by atoms with Crippen LogP contribution < -0.4 is 5.73 Å². The Morgan fingerprint density at radius 3 is 2.89 bits per heavy atom. The standard InChI is InChI=1S/C14H17NO2S2/c1-2-9(15)7-18-8-11-10-5-3-4-6-12(10)19-13(11)14(16)17/h3-6,9H,2,7-8,15H2,1H3,(H,16,17). The molecule has 0 fully saturated rings. The maximum Gasteiger partial charge on any atom is 0.346 e. The first-order valence-corrected chi connectivity index (χ1v) is 8.17. The molecule has 3 nitrogen and oxygen atoms in total. The first kappa shape index (κ1) is 14.4. The van der Waals surface area contributed by atoms with Crippen molar-refractivity contribution in [2.75, 3.05) is 5.75 Å². The van der Waals surface area contributed by atoms with Gasteiger partial charge >= 0.3 is 5.97 Å². The predicted octanol–water partition coefficient (Wildman–Crippen LogP) is 3.57. The number of carbonyl (C=O) groups is 1. The molecule has 0 saturated heterocycles. The summed E-state index contributed by atoms with van der Waals surface area (Å²) in [4.78, 5) is 11.8. The number of nitrogens with two attached hydrogens (primary N) is 1. The molecule has 1 aromatic carbocycles. The highest BCUT2D eigenvalue weighted by Crippen LogP contribution is 2.33. The van der Waals surface area contributed by atoms with E-state index in [0.717, 1.165) is 27.8 Å². The van der Waals surface area contributed by atoms with E-state index in [4.69, 9.17) is 5.73 Å². The number of hydrogen-bond donors (Lipinski definition) is 2. The Balaban J connectivity index is 2.24. The van der Waals surface area contributed by atoms with E-state index in [0.29, 0.717) is 10.6 Å². The molecule has 0 amide bonds. The minimum absolute atomic E-state index is 0.183. The van der Waals surface area contributed by atoms with Crippen molar-refractivity contribution in [1.29, 1.82) is 0 Å². The van der Waals surface area contributed by atoms with E-state index in [9.17, 15) is 9.90 Å². The summed E-state index contributed by atoms with van der Waals surface area (Å²) >= 11 is 3.06. The molecule has 5 heteroatoms. The molecule has 1 aromatic heterocycles. The lowest BCUT2D eigenvalue weighted by molar-refractivity contribution is 0.0701. The van der Waals surface area contributed by atoms with Crippen LogP contribution in [0.4, 0.5) is 0 Å². The summed E-state index contributed by atoms with van der Waals surface area (Å²) in [5, 5.41) is 10.4. The predicted molar refractivity (Wildman–Crippen MR) is 83.2 cm³/mol. The third-order valence-corrected chi connectivity index (χ3v) is 5.35. The van der Waals surface area contributed by atoms with Crippen molar-refractivity contribution in [3.8, 4) is 0 Å². The Kier molecular flexibility index (Phi) is 4.85. The molecule has 0 bridgehead atoms. The molecule has 2 aromatic rings. The van der Waals surface area contributed by atoms with Crippen LogP contribution in [0.15, 0.2) is 24.3 Å². The number of aromatic carboxylic acids is 1. The molecule has 1 unspecified atom stereocenters. The number of carboxylic acid groups (broad SMARTS) is 1. The second kappa shape index (κ2) is 6.41. The summed E-state index contributed by atoms with van der Waals surface area (Å²) in [5.74, 6) is 0.732. The number of rotatable bonds is 6. The second-order valence-corrected chi connectivity index (χ2v) is 6.48. The van der Waals surface area contributed by atoms with Crippen LogP contribution >= 0.6 is 23.1 Å².